The van der Waals surface area contributed by atoms with Gasteiger partial charge < -0.3 is 14.4 Å². The highest BCUT2D eigenvalue weighted by Crippen LogP contribution is 2.25. The lowest BCUT2D eigenvalue weighted by Crippen LogP contribution is -2.50. The molecular weight excluding hydrogens is 483 g/mol. The predicted molar refractivity (Wildman–Crippen MR) is 137 cm³/mol. The average molecular weight is 511 g/mol. The predicted octanol–water partition coefficient (Wildman–Crippen LogP) is 3.53. The molecule has 0 unspecified atom stereocenters. The quantitative estimate of drug-likeness (QED) is 0.426. The first-order valence-electron chi connectivity index (χ1n) is 11.5. The molecule has 2 aromatic heterocycles. The van der Waals surface area contributed by atoms with E-state index in [1.807, 2.05) is 22.5 Å². The van der Waals surface area contributed by atoms with Gasteiger partial charge in [-0.25, -0.2) is 22.8 Å². The van der Waals surface area contributed by atoms with Gasteiger partial charge in [0.1, 0.15) is 24.0 Å². The molecule has 0 spiro atoms. The fourth-order valence-corrected chi connectivity index (χ4v) is 5.45. The van der Waals surface area contributed by atoms with Gasteiger partial charge in [-0.15, -0.1) is 0 Å². The molecule has 1 N–H and O–H groups in total. The molecule has 1 atom stereocenters. The number of anilines is 2. The lowest BCUT2D eigenvalue weighted by Gasteiger charge is -2.37. The Hall–Kier alpha value is -3.99. The second kappa shape index (κ2) is 9.57. The Kier molecular flexibility index (Phi) is 6.31. The number of carbonyl (C=O) groups excluding carboxylic acids is 1. The highest BCUT2D eigenvalue weighted by Gasteiger charge is 2.27. The van der Waals surface area contributed by atoms with Crippen LogP contribution in [-0.2, 0) is 14.8 Å². The van der Waals surface area contributed by atoms with E-state index < -0.39 is 16.1 Å². The van der Waals surface area contributed by atoms with Crippen LogP contribution in [0.15, 0.2) is 78.2 Å². The van der Waals surface area contributed by atoms with Crippen molar-refractivity contribution in [3.8, 4) is 0 Å². The Morgan fingerprint density at radius 1 is 1.06 bits per heavy atom. The monoisotopic (exact) mass is 510 g/mol. The van der Waals surface area contributed by atoms with Crippen molar-refractivity contribution < 1.29 is 19.0 Å². The molecule has 1 saturated heterocycles. The van der Waals surface area contributed by atoms with Crippen molar-refractivity contribution in [3.05, 3.63) is 79.1 Å². The smallest absolute Gasteiger partial charge is 0.263 e. The first kappa shape index (κ1) is 23.7. The number of nitrogens with one attached hydrogen (secondary N) is 1. The summed E-state index contributed by atoms with van der Waals surface area (Å²) < 4.78 is 43.5. The second-order valence-electron chi connectivity index (χ2n) is 8.58. The topological polar surface area (TPSA) is 100 Å². The number of benzene rings is 2. The first-order valence-corrected chi connectivity index (χ1v) is 13.0. The van der Waals surface area contributed by atoms with Crippen LogP contribution >= 0.6 is 0 Å². The molecule has 4 aromatic rings. The Morgan fingerprint density at radius 3 is 2.50 bits per heavy atom. The van der Waals surface area contributed by atoms with Gasteiger partial charge in [0.05, 0.1) is 10.4 Å². The van der Waals surface area contributed by atoms with Gasteiger partial charge in [-0.2, -0.15) is 0 Å². The Morgan fingerprint density at radius 2 is 1.81 bits per heavy atom. The maximum atomic E-state index is 14.1. The van der Waals surface area contributed by atoms with Crippen LogP contribution in [0.1, 0.15) is 14.4 Å². The van der Waals surface area contributed by atoms with E-state index in [0.29, 0.717) is 37.1 Å². The zero-order valence-electron chi connectivity index (χ0n) is 19.6. The Balaban J connectivity index is 0.00000320. The third-order valence-electron chi connectivity index (χ3n) is 6.41. The van der Waals surface area contributed by atoms with Crippen molar-refractivity contribution in [3.63, 3.8) is 0 Å². The van der Waals surface area contributed by atoms with Crippen LogP contribution in [0, 0.1) is 5.82 Å². The number of fused-ring (bicyclic) bond motifs is 1. The van der Waals surface area contributed by atoms with E-state index in [2.05, 4.69) is 19.6 Å². The minimum absolute atomic E-state index is 0. The largest absolute Gasteiger partial charge is 0.368 e. The fraction of sp³-hybridized carbons (Fsp3) is 0.240. The molecule has 0 aliphatic carbocycles. The van der Waals surface area contributed by atoms with E-state index in [4.69, 9.17) is 0 Å². The van der Waals surface area contributed by atoms with Gasteiger partial charge >= 0.3 is 0 Å². The molecule has 0 saturated carbocycles. The molecule has 1 aliphatic heterocycles. The van der Waals surface area contributed by atoms with Crippen LogP contribution in [0.25, 0.3) is 10.9 Å². The number of rotatable bonds is 6. The zero-order chi connectivity index (χ0) is 25.3. The number of sulfonamides is 1. The summed E-state index contributed by atoms with van der Waals surface area (Å²) in [6, 6.07) is 14.2. The van der Waals surface area contributed by atoms with Gasteiger partial charge in [0.25, 0.3) is 10.0 Å². The highest BCUT2D eigenvalue weighted by molar-refractivity contribution is 7.92. The summed E-state index contributed by atoms with van der Waals surface area (Å²) in [4.78, 5) is 24.9. The average Bonchev–Trinajstić information content (AvgIpc) is 3.34. The van der Waals surface area contributed by atoms with Crippen LogP contribution in [0.2, 0.25) is 0 Å². The number of piperazine rings is 1. The fourth-order valence-electron chi connectivity index (χ4n) is 4.44. The minimum Gasteiger partial charge on any atom is -0.368 e. The third-order valence-corrected chi connectivity index (χ3v) is 7.78. The van der Waals surface area contributed by atoms with Crippen molar-refractivity contribution >= 4 is 38.3 Å². The molecule has 1 fully saturated rings. The van der Waals surface area contributed by atoms with Gasteiger partial charge in [-0.3, -0.25) is 9.52 Å². The maximum Gasteiger partial charge on any atom is 0.263 e. The summed E-state index contributed by atoms with van der Waals surface area (Å²) in [5, 5.41) is 0.500. The molecular formula is C25H27FN6O3S. The molecule has 188 valence electrons. The summed E-state index contributed by atoms with van der Waals surface area (Å²) in [6.07, 6.45) is 4.48. The summed E-state index contributed by atoms with van der Waals surface area (Å²) >= 11 is 0. The number of halogens is 1. The van der Waals surface area contributed by atoms with Gasteiger partial charge in [0.15, 0.2) is 0 Å². The lowest BCUT2D eigenvalue weighted by atomic mass is 10.2. The molecule has 2 aromatic carbocycles. The molecule has 1 aliphatic rings. The Bertz CT molecular complexity index is 1490. The summed E-state index contributed by atoms with van der Waals surface area (Å²) in [5.74, 6) is -0.126. The maximum absolute atomic E-state index is 14.1. The van der Waals surface area contributed by atoms with Gasteiger partial charge in [0, 0.05) is 51.1 Å². The Labute approximate surface area is 209 Å². The number of carbonyl (C=O) groups is 1. The van der Waals surface area contributed by atoms with Gasteiger partial charge in [0.2, 0.25) is 5.91 Å². The first-order chi connectivity index (χ1) is 17.3. The molecule has 0 bridgehead atoms. The molecule has 1 amide bonds. The normalized spacial score (nSPS) is 15.2. The van der Waals surface area contributed by atoms with Crippen LogP contribution < -0.4 is 9.62 Å². The SMILES string of the molecule is C[C@@H](C(=O)N1CCN(c2ccc(S(=O)(=O)Nc3ccncn3)cc2)CC1)n1ccc2c(F)cccc21.[HH]. The van der Waals surface area contributed by atoms with E-state index in [9.17, 15) is 17.6 Å². The van der Waals surface area contributed by atoms with E-state index in [1.165, 1.54) is 24.7 Å². The molecule has 5 rings (SSSR count). The summed E-state index contributed by atoms with van der Waals surface area (Å²) in [7, 11) is -3.77. The van der Waals surface area contributed by atoms with Crippen molar-refractivity contribution in [1.29, 1.82) is 0 Å². The zero-order valence-corrected chi connectivity index (χ0v) is 20.4. The number of hydrogen-bond donors (Lipinski definition) is 1. The van der Waals surface area contributed by atoms with Crippen molar-refractivity contribution in [2.75, 3.05) is 35.8 Å². The van der Waals surface area contributed by atoms with Crippen molar-refractivity contribution in [1.82, 2.24) is 19.4 Å². The van der Waals surface area contributed by atoms with Crippen LogP contribution in [0.5, 0.6) is 0 Å². The number of aromatic nitrogens is 3. The van der Waals surface area contributed by atoms with Crippen molar-refractivity contribution in [2.24, 2.45) is 0 Å². The van der Waals surface area contributed by atoms with Crippen molar-refractivity contribution in [2.45, 2.75) is 17.9 Å². The standard InChI is InChI=1S/C25H25FN6O3S.H2/c1-18(32-12-10-21-22(26)3-2-4-23(21)32)25(33)31-15-13-30(14-16-31)19-5-7-20(8-6-19)36(34,35)29-24-9-11-27-17-28-24;/h2-12,17-18H,13-16H2,1H3,(H,27,28,29);1H/t18-;/m0./s1. The lowest BCUT2D eigenvalue weighted by molar-refractivity contribution is -0.134. The minimum atomic E-state index is -3.77. The molecule has 11 heteroatoms. The molecule has 36 heavy (non-hydrogen) atoms. The van der Waals surface area contributed by atoms with Crippen LogP contribution in [0.4, 0.5) is 15.9 Å². The van der Waals surface area contributed by atoms with E-state index >= 15 is 0 Å². The van der Waals surface area contributed by atoms with Gasteiger partial charge in [-0.05, 0) is 55.5 Å². The van der Waals surface area contributed by atoms with Gasteiger partial charge in [-0.1, -0.05) is 6.07 Å². The number of amides is 1. The molecule has 3 heterocycles. The summed E-state index contributed by atoms with van der Waals surface area (Å²) in [5.41, 5.74) is 1.57. The third kappa shape index (κ3) is 4.61. The van der Waals surface area contributed by atoms with Crippen LogP contribution in [0.3, 0.4) is 0 Å². The summed E-state index contributed by atoms with van der Waals surface area (Å²) in [6.45, 7) is 4.13. The highest BCUT2D eigenvalue weighted by atomic mass is 32.2. The van der Waals surface area contributed by atoms with Crippen LogP contribution in [-0.4, -0.2) is 59.9 Å². The van der Waals surface area contributed by atoms with E-state index in [0.717, 1.165) is 5.69 Å². The second-order valence-corrected chi connectivity index (χ2v) is 10.3. The van der Waals surface area contributed by atoms with E-state index in [1.54, 1.807) is 42.6 Å². The molecule has 9 nitrogen and oxygen atoms in total. The number of nitrogens with zero attached hydrogens (tertiary/aromatic N) is 5. The number of hydrogen-bond acceptors (Lipinski definition) is 6. The molecule has 0 radical (unpaired) electrons. The van der Waals surface area contributed by atoms with E-state index in [-0.39, 0.29) is 23.9 Å².